The van der Waals surface area contributed by atoms with Gasteiger partial charge >= 0.3 is 0 Å². The molecule has 126 valence electrons. The quantitative estimate of drug-likeness (QED) is 0.873. The summed E-state index contributed by atoms with van der Waals surface area (Å²) in [5, 5.41) is 2.99. The van der Waals surface area contributed by atoms with Crippen LogP contribution in [0.5, 0.6) is 0 Å². The molecular weight excluding hydrogens is 302 g/mol. The monoisotopic (exact) mass is 324 g/mol. The van der Waals surface area contributed by atoms with Gasteiger partial charge in [-0.1, -0.05) is 0 Å². The number of nitrogens with zero attached hydrogens (tertiary/aromatic N) is 1. The molecule has 4 nitrogen and oxygen atoms in total. The Balaban J connectivity index is 1.45. The second kappa shape index (κ2) is 6.83. The first kappa shape index (κ1) is 16.2. The second-order valence-electron chi connectivity index (χ2n) is 6.28. The Morgan fingerprint density at radius 2 is 2.22 bits per heavy atom. The van der Waals surface area contributed by atoms with Crippen molar-refractivity contribution in [3.05, 3.63) is 29.8 Å². The van der Waals surface area contributed by atoms with Crippen molar-refractivity contribution in [3.8, 4) is 0 Å². The summed E-state index contributed by atoms with van der Waals surface area (Å²) in [5.41, 5.74) is 0.691. The Hall–Kier alpha value is -1.69. The molecule has 1 aliphatic heterocycles. The van der Waals surface area contributed by atoms with E-state index in [4.69, 9.17) is 4.74 Å². The molecule has 1 saturated carbocycles. The highest BCUT2D eigenvalue weighted by molar-refractivity contribution is 5.82. The average Bonchev–Trinajstić information content (AvgIpc) is 3.14. The number of halogens is 2. The Labute approximate surface area is 134 Å². The molecule has 3 rings (SSSR count). The van der Waals surface area contributed by atoms with Gasteiger partial charge in [0.15, 0.2) is 11.6 Å². The minimum atomic E-state index is -0.829. The van der Waals surface area contributed by atoms with Gasteiger partial charge in [0.2, 0.25) is 5.91 Å². The van der Waals surface area contributed by atoms with Gasteiger partial charge in [-0.05, 0) is 37.8 Å². The van der Waals surface area contributed by atoms with Gasteiger partial charge in [0.25, 0.3) is 0 Å². The van der Waals surface area contributed by atoms with Crippen LogP contribution in [0.4, 0.5) is 14.5 Å². The number of carbonyl (C=O) groups excluding carboxylic acids is 1. The maximum atomic E-state index is 13.3. The van der Waals surface area contributed by atoms with Crippen LogP contribution in [0.25, 0.3) is 0 Å². The average molecular weight is 324 g/mol. The summed E-state index contributed by atoms with van der Waals surface area (Å²) in [6.45, 7) is 4.72. The maximum Gasteiger partial charge on any atom is 0.225 e. The molecule has 1 aromatic rings. The van der Waals surface area contributed by atoms with Crippen LogP contribution >= 0.6 is 0 Å². The van der Waals surface area contributed by atoms with E-state index in [1.165, 1.54) is 6.07 Å². The zero-order valence-corrected chi connectivity index (χ0v) is 13.2. The van der Waals surface area contributed by atoms with E-state index in [0.717, 1.165) is 32.0 Å². The third-order valence-corrected chi connectivity index (χ3v) is 4.57. The number of anilines is 1. The van der Waals surface area contributed by atoms with Crippen molar-refractivity contribution in [2.45, 2.75) is 25.9 Å². The van der Waals surface area contributed by atoms with Crippen LogP contribution in [0.15, 0.2) is 18.2 Å². The van der Waals surface area contributed by atoms with Crippen molar-refractivity contribution in [2.75, 3.05) is 31.1 Å². The molecule has 1 N–H and O–H groups in total. The largest absolute Gasteiger partial charge is 0.378 e. The van der Waals surface area contributed by atoms with E-state index in [0.29, 0.717) is 24.8 Å². The Morgan fingerprint density at radius 1 is 1.39 bits per heavy atom. The Morgan fingerprint density at radius 3 is 2.96 bits per heavy atom. The summed E-state index contributed by atoms with van der Waals surface area (Å²) in [4.78, 5) is 14.0. The number of hydrogen-bond acceptors (Lipinski definition) is 3. The van der Waals surface area contributed by atoms with Crippen LogP contribution in [0.2, 0.25) is 0 Å². The molecule has 23 heavy (non-hydrogen) atoms. The van der Waals surface area contributed by atoms with E-state index in [-0.39, 0.29) is 17.9 Å². The molecule has 1 heterocycles. The molecule has 0 aromatic heterocycles. The van der Waals surface area contributed by atoms with Crippen LogP contribution in [0.3, 0.4) is 0 Å². The highest BCUT2D eigenvalue weighted by atomic mass is 19.2. The molecule has 0 radical (unpaired) electrons. The van der Waals surface area contributed by atoms with E-state index in [1.807, 2.05) is 11.8 Å². The number of carbonyl (C=O) groups is 1. The summed E-state index contributed by atoms with van der Waals surface area (Å²) >= 11 is 0. The topological polar surface area (TPSA) is 41.6 Å². The van der Waals surface area contributed by atoms with E-state index in [9.17, 15) is 13.6 Å². The van der Waals surface area contributed by atoms with E-state index >= 15 is 0 Å². The normalized spacial score (nSPS) is 26.4. The molecule has 2 fully saturated rings. The fourth-order valence-electron chi connectivity index (χ4n) is 3.14. The van der Waals surface area contributed by atoms with Crippen LogP contribution in [-0.2, 0) is 9.53 Å². The predicted octanol–water partition coefficient (Wildman–Crippen LogP) is 2.33. The molecule has 0 bridgehead atoms. The molecular formula is C17H22F2N2O2. The zero-order chi connectivity index (χ0) is 16.4. The smallest absolute Gasteiger partial charge is 0.225 e. The number of hydrogen-bond donors (Lipinski definition) is 1. The summed E-state index contributed by atoms with van der Waals surface area (Å²) in [6, 6.07) is 3.98. The molecule has 6 heteroatoms. The van der Waals surface area contributed by atoms with Gasteiger partial charge in [-0.15, -0.1) is 0 Å². The van der Waals surface area contributed by atoms with Crippen LogP contribution < -0.4 is 10.2 Å². The van der Waals surface area contributed by atoms with Crippen molar-refractivity contribution >= 4 is 11.6 Å². The number of nitrogens with one attached hydrogen (secondary N) is 1. The van der Waals surface area contributed by atoms with Crippen LogP contribution in [0.1, 0.15) is 19.8 Å². The number of amides is 1. The fraction of sp³-hybridized carbons (Fsp3) is 0.588. The Bertz CT molecular complexity index is 582. The SMILES string of the molecule is CCO[C@@H]1C[C@H]1C(=O)NC[C@H]1CCN(c2ccc(F)c(F)c2)C1. The lowest BCUT2D eigenvalue weighted by Gasteiger charge is -2.19. The minimum Gasteiger partial charge on any atom is -0.378 e. The van der Waals surface area contributed by atoms with Gasteiger partial charge in [0.05, 0.1) is 12.0 Å². The first-order valence-corrected chi connectivity index (χ1v) is 8.17. The molecule has 3 atom stereocenters. The highest BCUT2D eigenvalue weighted by Gasteiger charge is 2.44. The summed E-state index contributed by atoms with van der Waals surface area (Å²) in [7, 11) is 0. The minimum absolute atomic E-state index is 0.00125. The molecule has 0 unspecified atom stereocenters. The van der Waals surface area contributed by atoms with Crippen LogP contribution in [-0.4, -0.2) is 38.3 Å². The number of ether oxygens (including phenoxy) is 1. The van der Waals surface area contributed by atoms with Gasteiger partial charge in [-0.25, -0.2) is 8.78 Å². The summed E-state index contributed by atoms with van der Waals surface area (Å²) < 4.78 is 31.7. The van der Waals surface area contributed by atoms with Crippen molar-refractivity contribution < 1.29 is 18.3 Å². The van der Waals surface area contributed by atoms with Gasteiger partial charge in [-0.2, -0.15) is 0 Å². The third kappa shape index (κ3) is 3.80. The zero-order valence-electron chi connectivity index (χ0n) is 13.2. The van der Waals surface area contributed by atoms with Crippen molar-refractivity contribution in [1.29, 1.82) is 0 Å². The lowest BCUT2D eigenvalue weighted by atomic mass is 10.1. The van der Waals surface area contributed by atoms with E-state index < -0.39 is 11.6 Å². The standard InChI is InChI=1S/C17H22F2N2O2/c1-2-23-16-8-13(16)17(22)20-9-11-5-6-21(10-11)12-3-4-14(18)15(19)7-12/h3-4,7,11,13,16H,2,5-6,8-10H2,1H3,(H,20,22)/t11-,13-,16-/m1/s1. The first-order valence-electron chi connectivity index (χ1n) is 8.17. The first-order chi connectivity index (χ1) is 11.1. The lowest BCUT2D eigenvalue weighted by Crippen LogP contribution is -2.32. The van der Waals surface area contributed by atoms with Gasteiger partial charge in [0.1, 0.15) is 0 Å². The summed E-state index contributed by atoms with van der Waals surface area (Å²) in [6.07, 6.45) is 1.83. The molecule has 2 aliphatic rings. The lowest BCUT2D eigenvalue weighted by molar-refractivity contribution is -0.123. The second-order valence-corrected chi connectivity index (χ2v) is 6.28. The molecule has 1 aromatic carbocycles. The number of rotatable bonds is 6. The highest BCUT2D eigenvalue weighted by Crippen LogP contribution is 2.34. The van der Waals surface area contributed by atoms with Crippen molar-refractivity contribution in [3.63, 3.8) is 0 Å². The number of benzene rings is 1. The Kier molecular flexibility index (Phi) is 4.80. The molecule has 1 amide bonds. The van der Waals surface area contributed by atoms with E-state index in [2.05, 4.69) is 5.32 Å². The molecule has 1 saturated heterocycles. The van der Waals surface area contributed by atoms with Gasteiger partial charge < -0.3 is 15.0 Å². The maximum absolute atomic E-state index is 13.3. The summed E-state index contributed by atoms with van der Waals surface area (Å²) in [5.74, 6) is -1.26. The van der Waals surface area contributed by atoms with E-state index in [1.54, 1.807) is 6.07 Å². The molecule has 0 spiro atoms. The van der Waals surface area contributed by atoms with Gasteiger partial charge in [0, 0.05) is 38.0 Å². The van der Waals surface area contributed by atoms with Gasteiger partial charge in [-0.3, -0.25) is 4.79 Å². The third-order valence-electron chi connectivity index (χ3n) is 4.57. The predicted molar refractivity (Wildman–Crippen MR) is 83.2 cm³/mol. The van der Waals surface area contributed by atoms with Crippen molar-refractivity contribution in [2.24, 2.45) is 11.8 Å². The van der Waals surface area contributed by atoms with Crippen LogP contribution in [0, 0.1) is 23.5 Å². The molecule has 1 aliphatic carbocycles. The fourth-order valence-corrected chi connectivity index (χ4v) is 3.14. The van der Waals surface area contributed by atoms with Crippen molar-refractivity contribution in [1.82, 2.24) is 5.32 Å².